The molecule has 31 atom stereocenters. The minimum atomic E-state index is -1.98. The smallest absolute Gasteiger partial charge is 0.187 e. The number of ether oxygens (including phenoxy) is 9. The predicted molar refractivity (Wildman–Crippen MR) is 244 cm³/mol. The molecule has 6 aliphatic heterocycles. The first kappa shape index (κ1) is 54.5. The summed E-state index contributed by atoms with van der Waals surface area (Å²) in [5.74, 6) is 3.89. The molecule has 22 heteroatoms. The minimum Gasteiger partial charge on any atom is -0.394 e. The highest BCUT2D eigenvalue weighted by Crippen LogP contribution is 2.71. The van der Waals surface area contributed by atoms with Gasteiger partial charge in [-0.15, -0.1) is 0 Å². The van der Waals surface area contributed by atoms with Crippen LogP contribution in [-0.2, 0) is 42.6 Å². The molecule has 0 amide bonds. The Labute approximate surface area is 420 Å². The molecule has 0 aromatic heterocycles. The fraction of sp³-hybridized carbons (Fsp3) is 1.00. The molecule has 0 radical (unpaired) electrons. The molecule has 414 valence electrons. The first-order valence-electron chi connectivity index (χ1n) is 26.8. The van der Waals surface area contributed by atoms with Crippen molar-refractivity contribution in [1.29, 1.82) is 0 Å². The summed E-state index contributed by atoms with van der Waals surface area (Å²) in [4.78, 5) is 0. The van der Waals surface area contributed by atoms with Crippen LogP contribution < -0.4 is 5.32 Å². The average molecular weight is 1030 g/mol. The summed E-state index contributed by atoms with van der Waals surface area (Å²) in [7, 11) is 0. The summed E-state index contributed by atoms with van der Waals surface area (Å²) in [5.41, 5.74) is 0.156. The van der Waals surface area contributed by atoms with E-state index in [-0.39, 0.29) is 28.8 Å². The van der Waals surface area contributed by atoms with Crippen molar-refractivity contribution in [2.45, 2.75) is 227 Å². The van der Waals surface area contributed by atoms with Crippen molar-refractivity contribution < 1.29 is 104 Å². The molecule has 6 saturated heterocycles. The Morgan fingerprint density at radius 2 is 1.15 bits per heavy atom. The maximum absolute atomic E-state index is 11.9. The largest absolute Gasteiger partial charge is 0.394 e. The number of hydrogen-bond donors (Lipinski definition) is 13. The highest BCUT2D eigenvalue weighted by molar-refractivity contribution is 5.16. The van der Waals surface area contributed by atoms with Crippen LogP contribution in [0.5, 0.6) is 0 Å². The highest BCUT2D eigenvalue weighted by Gasteiger charge is 2.69. The molecule has 4 saturated carbocycles. The zero-order valence-corrected chi connectivity index (χ0v) is 41.8. The van der Waals surface area contributed by atoms with Crippen LogP contribution in [0.1, 0.15) is 91.9 Å². The standard InChI is InChI=1S/C50H83NO21/c1-20-7-12-50(51-15-20)21(2)32-28(72-50)14-26-24-6-5-22-13-23(8-10-48(22,3)25(24)9-11-49(26,32)4)65-45-39(62)36(59)41(30(17-53)67-45)70-47-43(71-46-38(61)35(58)34(57)29(16-52)66-46)40(63)42(31(18-54)68-47)69-44-37(60)33(56)27(55)19-64-44/h20-47,51-63H,5-19H2,1-4H3/t20-,21-,22-,23-,24+,25-,26-,27?,28-,29?,30?,31?,32-,33?,34?,35?,36?,37?,38?,39?,40?,41?,42?,43?,44?,45?,46?,47?,48-,49-,50-/m0/s1. The molecule has 0 aromatic carbocycles. The van der Waals surface area contributed by atoms with E-state index in [0.717, 1.165) is 45.1 Å². The Morgan fingerprint density at radius 3 is 1.85 bits per heavy atom. The molecule has 10 rings (SSSR count). The van der Waals surface area contributed by atoms with Crippen LogP contribution >= 0.6 is 0 Å². The van der Waals surface area contributed by atoms with Crippen LogP contribution in [0, 0.1) is 52.3 Å². The molecule has 13 N–H and O–H groups in total. The van der Waals surface area contributed by atoms with Crippen molar-refractivity contribution in [2.75, 3.05) is 33.0 Å². The lowest BCUT2D eigenvalue weighted by Gasteiger charge is -2.61. The predicted octanol–water partition coefficient (Wildman–Crippen LogP) is -2.70. The number of piperidine rings is 1. The molecular formula is C50H83NO21. The normalized spacial score (nSPS) is 57.8. The van der Waals surface area contributed by atoms with E-state index >= 15 is 0 Å². The Bertz CT molecular complexity index is 1830. The number of rotatable bonds is 11. The third kappa shape index (κ3) is 9.26. The van der Waals surface area contributed by atoms with Crippen LogP contribution in [0.25, 0.3) is 0 Å². The minimum absolute atomic E-state index is 0.108. The number of nitrogens with one attached hydrogen (secondary N) is 1. The molecule has 6 heterocycles. The number of fused-ring (bicyclic) bond motifs is 7. The van der Waals surface area contributed by atoms with Gasteiger partial charge in [0.05, 0.1) is 38.6 Å². The molecule has 0 bridgehead atoms. The fourth-order valence-electron chi connectivity index (χ4n) is 16.1. The summed E-state index contributed by atoms with van der Waals surface area (Å²) < 4.78 is 54.7. The van der Waals surface area contributed by atoms with Crippen molar-refractivity contribution in [3.05, 3.63) is 0 Å². The van der Waals surface area contributed by atoms with Crippen LogP contribution in [0.15, 0.2) is 0 Å². The van der Waals surface area contributed by atoms with Crippen molar-refractivity contribution >= 4 is 0 Å². The maximum atomic E-state index is 11.9. The second kappa shape index (κ2) is 21.1. The molecule has 10 fully saturated rings. The monoisotopic (exact) mass is 1030 g/mol. The van der Waals surface area contributed by atoms with E-state index in [1.807, 2.05) is 0 Å². The molecule has 10 aliphatic rings. The lowest BCUT2D eigenvalue weighted by Crippen LogP contribution is -2.68. The number of aliphatic hydroxyl groups excluding tert-OH is 12. The van der Waals surface area contributed by atoms with Crippen molar-refractivity contribution in [3.63, 3.8) is 0 Å². The molecule has 72 heavy (non-hydrogen) atoms. The Kier molecular flexibility index (Phi) is 15.9. The molecular weight excluding hydrogens is 951 g/mol. The molecule has 1 spiro atoms. The summed E-state index contributed by atoms with van der Waals surface area (Å²) in [6.07, 6.45) is -22.1. The Hall–Kier alpha value is -0.880. The zero-order chi connectivity index (χ0) is 51.3. The van der Waals surface area contributed by atoms with Gasteiger partial charge in [0, 0.05) is 12.5 Å². The van der Waals surface area contributed by atoms with Crippen LogP contribution in [0.2, 0.25) is 0 Å². The van der Waals surface area contributed by atoms with E-state index in [1.165, 1.54) is 19.3 Å². The highest BCUT2D eigenvalue weighted by atomic mass is 16.8. The van der Waals surface area contributed by atoms with Crippen LogP contribution in [0.3, 0.4) is 0 Å². The third-order valence-corrected chi connectivity index (χ3v) is 20.2. The van der Waals surface area contributed by atoms with Gasteiger partial charge in [-0.1, -0.05) is 27.7 Å². The van der Waals surface area contributed by atoms with Gasteiger partial charge in [0.1, 0.15) is 97.3 Å². The van der Waals surface area contributed by atoms with E-state index in [1.54, 1.807) is 0 Å². The van der Waals surface area contributed by atoms with Gasteiger partial charge in [0.15, 0.2) is 25.2 Å². The average Bonchev–Trinajstić information content (AvgIpc) is 3.82. The van der Waals surface area contributed by atoms with Gasteiger partial charge in [-0.2, -0.15) is 0 Å². The molecule has 19 unspecified atom stereocenters. The van der Waals surface area contributed by atoms with Gasteiger partial charge < -0.3 is 104 Å². The first-order valence-corrected chi connectivity index (χ1v) is 26.8. The second-order valence-electron chi connectivity index (χ2n) is 24.0. The third-order valence-electron chi connectivity index (χ3n) is 20.2. The van der Waals surface area contributed by atoms with Gasteiger partial charge in [0.25, 0.3) is 0 Å². The van der Waals surface area contributed by atoms with E-state index < -0.39 is 143 Å². The van der Waals surface area contributed by atoms with E-state index in [9.17, 15) is 61.3 Å². The SMILES string of the molecule is C[C@H]1CC[C@]2(NC1)O[C@H]1C[C@H]3[C@@H]4CC[C@H]5C[C@@H](OC6OC(CO)C(OC7OC(CO)C(OC8OCC(O)C(O)C8O)C(O)C7OC7OC(CO)C(O)C(O)C7O)C(O)C6O)CC[C@]5(C)[C@H]4CC[C@]3(C)[C@H]1[C@@H]2C. The fourth-order valence-corrected chi connectivity index (χ4v) is 16.1. The quantitative estimate of drug-likeness (QED) is 0.0937. The zero-order valence-electron chi connectivity index (χ0n) is 41.8. The van der Waals surface area contributed by atoms with E-state index in [2.05, 4.69) is 33.0 Å². The van der Waals surface area contributed by atoms with E-state index in [0.29, 0.717) is 47.8 Å². The van der Waals surface area contributed by atoms with Gasteiger partial charge in [0.2, 0.25) is 0 Å². The summed E-state index contributed by atoms with van der Waals surface area (Å²) in [6.45, 7) is 7.90. The lowest BCUT2D eigenvalue weighted by atomic mass is 9.44. The topological polar surface area (TPSA) is 338 Å². The molecule has 0 aromatic rings. The Morgan fingerprint density at radius 1 is 0.542 bits per heavy atom. The number of aliphatic hydroxyl groups is 12. The van der Waals surface area contributed by atoms with Crippen molar-refractivity contribution in [3.8, 4) is 0 Å². The summed E-state index contributed by atoms with van der Waals surface area (Å²) >= 11 is 0. The van der Waals surface area contributed by atoms with Gasteiger partial charge in [-0.05, 0) is 111 Å². The first-order chi connectivity index (χ1) is 34.3. The maximum Gasteiger partial charge on any atom is 0.187 e. The summed E-state index contributed by atoms with van der Waals surface area (Å²) in [6, 6.07) is 0. The lowest BCUT2D eigenvalue weighted by molar-refractivity contribution is -0.401. The van der Waals surface area contributed by atoms with Gasteiger partial charge >= 0.3 is 0 Å². The molecule has 22 nitrogen and oxygen atoms in total. The van der Waals surface area contributed by atoms with Gasteiger partial charge in [-0.3, -0.25) is 5.32 Å². The van der Waals surface area contributed by atoms with Crippen molar-refractivity contribution in [1.82, 2.24) is 5.32 Å². The molecule has 4 aliphatic carbocycles. The van der Waals surface area contributed by atoms with Gasteiger partial charge in [-0.25, -0.2) is 0 Å². The number of hydrogen-bond acceptors (Lipinski definition) is 22. The summed E-state index contributed by atoms with van der Waals surface area (Å²) in [5, 5.41) is 133. The van der Waals surface area contributed by atoms with Crippen LogP contribution in [-0.4, -0.2) is 229 Å². The Balaban J connectivity index is 0.800. The van der Waals surface area contributed by atoms with Crippen molar-refractivity contribution in [2.24, 2.45) is 52.3 Å². The van der Waals surface area contributed by atoms with Crippen LogP contribution in [0.4, 0.5) is 0 Å². The van der Waals surface area contributed by atoms with E-state index in [4.69, 9.17) is 42.6 Å². The second-order valence-corrected chi connectivity index (χ2v) is 24.0.